The molecule has 0 saturated heterocycles. The third-order valence-electron chi connectivity index (χ3n) is 4.55. The van der Waals surface area contributed by atoms with Crippen molar-refractivity contribution in [3.05, 3.63) is 70.8 Å². The Labute approximate surface area is 107 Å². The molecule has 0 N–H and O–H groups in total. The summed E-state index contributed by atoms with van der Waals surface area (Å²) < 4.78 is 5.78. The van der Waals surface area contributed by atoms with Crippen molar-refractivity contribution in [2.75, 3.05) is 7.11 Å². The Morgan fingerprint density at radius 3 is 2.33 bits per heavy atom. The van der Waals surface area contributed by atoms with Crippen molar-refractivity contribution in [2.45, 2.75) is 18.4 Å². The topological polar surface area (TPSA) is 9.23 Å². The number of fused-ring (bicyclic) bond motifs is 5. The zero-order chi connectivity index (χ0) is 12.1. The minimum atomic E-state index is 0.263. The van der Waals surface area contributed by atoms with Gasteiger partial charge in [0.1, 0.15) is 0 Å². The molecule has 0 radical (unpaired) electrons. The molecule has 1 nitrogen and oxygen atoms in total. The molecule has 1 heteroatoms. The molecule has 0 bridgehead atoms. The summed E-state index contributed by atoms with van der Waals surface area (Å²) in [6.45, 7) is 0. The van der Waals surface area contributed by atoms with Crippen LogP contribution in [0, 0.1) is 5.92 Å². The molecular weight excluding hydrogens is 220 g/mol. The van der Waals surface area contributed by atoms with E-state index >= 15 is 0 Å². The fourth-order valence-electron chi connectivity index (χ4n) is 3.89. The summed E-state index contributed by atoms with van der Waals surface area (Å²) in [6, 6.07) is 17.6. The van der Waals surface area contributed by atoms with Crippen LogP contribution in [0.4, 0.5) is 0 Å². The maximum atomic E-state index is 5.78. The molecule has 4 rings (SSSR count). The van der Waals surface area contributed by atoms with Crippen molar-refractivity contribution in [1.29, 1.82) is 0 Å². The number of hydrogen-bond acceptors (Lipinski definition) is 1. The summed E-state index contributed by atoms with van der Waals surface area (Å²) in [4.78, 5) is 0. The Bertz CT molecular complexity index is 602. The molecule has 0 heterocycles. The maximum absolute atomic E-state index is 5.78. The Morgan fingerprint density at radius 1 is 0.889 bits per heavy atom. The van der Waals surface area contributed by atoms with Crippen molar-refractivity contribution in [2.24, 2.45) is 5.92 Å². The van der Waals surface area contributed by atoms with Gasteiger partial charge in [-0.1, -0.05) is 48.5 Å². The number of ether oxygens (including phenoxy) is 1. The van der Waals surface area contributed by atoms with Crippen LogP contribution in [0.2, 0.25) is 0 Å². The molecule has 2 aliphatic rings. The van der Waals surface area contributed by atoms with E-state index in [2.05, 4.69) is 48.5 Å². The van der Waals surface area contributed by atoms with Gasteiger partial charge in [-0.2, -0.15) is 0 Å². The average molecular weight is 236 g/mol. The summed E-state index contributed by atoms with van der Waals surface area (Å²) in [7, 11) is 1.84. The normalized spacial score (nSPS) is 27.7. The van der Waals surface area contributed by atoms with Crippen LogP contribution in [0.3, 0.4) is 0 Å². The van der Waals surface area contributed by atoms with Crippen LogP contribution in [0.5, 0.6) is 0 Å². The molecule has 90 valence electrons. The highest BCUT2D eigenvalue weighted by atomic mass is 16.5. The molecular formula is C17H16O. The summed E-state index contributed by atoms with van der Waals surface area (Å²) in [5.74, 6) is 1.13. The van der Waals surface area contributed by atoms with E-state index in [4.69, 9.17) is 4.74 Å². The molecule has 0 unspecified atom stereocenters. The highest BCUT2D eigenvalue weighted by Gasteiger charge is 2.45. The first-order valence-electron chi connectivity index (χ1n) is 6.59. The lowest BCUT2D eigenvalue weighted by Crippen LogP contribution is -2.11. The van der Waals surface area contributed by atoms with Gasteiger partial charge in [0.05, 0.1) is 6.10 Å². The highest BCUT2D eigenvalue weighted by Crippen LogP contribution is 2.55. The van der Waals surface area contributed by atoms with Gasteiger partial charge in [0, 0.05) is 18.9 Å². The molecule has 0 aliphatic heterocycles. The summed E-state index contributed by atoms with van der Waals surface area (Å²) in [6.07, 6.45) is 1.41. The third-order valence-corrected chi connectivity index (χ3v) is 4.55. The van der Waals surface area contributed by atoms with Gasteiger partial charge < -0.3 is 4.74 Å². The van der Waals surface area contributed by atoms with E-state index in [1.165, 1.54) is 22.3 Å². The third kappa shape index (κ3) is 1.20. The van der Waals surface area contributed by atoms with Crippen molar-refractivity contribution in [3.63, 3.8) is 0 Å². The maximum Gasteiger partial charge on any atom is 0.0864 e. The second kappa shape index (κ2) is 3.69. The van der Waals surface area contributed by atoms with Crippen LogP contribution in [-0.2, 0) is 11.2 Å². The first kappa shape index (κ1) is 10.3. The van der Waals surface area contributed by atoms with Gasteiger partial charge in [-0.3, -0.25) is 0 Å². The summed E-state index contributed by atoms with van der Waals surface area (Å²) >= 11 is 0. The molecule has 0 saturated carbocycles. The van der Waals surface area contributed by atoms with Gasteiger partial charge in [-0.15, -0.1) is 0 Å². The van der Waals surface area contributed by atoms with Crippen LogP contribution in [-0.4, -0.2) is 7.11 Å². The van der Waals surface area contributed by atoms with Crippen molar-refractivity contribution < 1.29 is 4.74 Å². The standard InChI is InChI=1S/C17H16O/c1-18-17-14-9-5-4-8-13(14)16-12-7-3-2-6-11(12)10-15(16)17/h2-9,15-17H,10H2,1H3/t15-,16-,17-/m0/s1. The lowest BCUT2D eigenvalue weighted by molar-refractivity contribution is 0.0617. The van der Waals surface area contributed by atoms with E-state index in [1.54, 1.807) is 0 Å². The van der Waals surface area contributed by atoms with Crippen LogP contribution in [0.15, 0.2) is 48.5 Å². The van der Waals surface area contributed by atoms with Gasteiger partial charge in [0.25, 0.3) is 0 Å². The molecule has 0 spiro atoms. The predicted molar refractivity (Wildman–Crippen MR) is 71.7 cm³/mol. The second-order valence-corrected chi connectivity index (χ2v) is 5.33. The Kier molecular flexibility index (Phi) is 2.12. The lowest BCUT2D eigenvalue weighted by atomic mass is 9.92. The van der Waals surface area contributed by atoms with E-state index < -0.39 is 0 Å². The molecule has 0 fully saturated rings. The van der Waals surface area contributed by atoms with E-state index in [1.807, 2.05) is 7.11 Å². The SMILES string of the molecule is CO[C@H]1c2ccccc2[C@@H]2c3ccccc3C[C@@H]21. The van der Waals surface area contributed by atoms with Crippen LogP contribution in [0.25, 0.3) is 0 Å². The van der Waals surface area contributed by atoms with Crippen molar-refractivity contribution in [1.82, 2.24) is 0 Å². The largest absolute Gasteiger partial charge is 0.376 e. The van der Waals surface area contributed by atoms with Gasteiger partial charge in [-0.05, 0) is 28.7 Å². The quantitative estimate of drug-likeness (QED) is 0.733. The Morgan fingerprint density at radius 2 is 1.56 bits per heavy atom. The van der Waals surface area contributed by atoms with E-state index in [-0.39, 0.29) is 6.10 Å². The monoisotopic (exact) mass is 236 g/mol. The fraction of sp³-hybridized carbons (Fsp3) is 0.294. The van der Waals surface area contributed by atoms with Crippen LogP contribution < -0.4 is 0 Å². The number of hydrogen-bond donors (Lipinski definition) is 0. The predicted octanol–water partition coefficient (Wildman–Crippen LogP) is 3.69. The minimum Gasteiger partial charge on any atom is -0.376 e. The fourth-order valence-corrected chi connectivity index (χ4v) is 3.89. The molecule has 18 heavy (non-hydrogen) atoms. The molecule has 0 amide bonds. The molecule has 3 atom stereocenters. The van der Waals surface area contributed by atoms with Gasteiger partial charge in [-0.25, -0.2) is 0 Å². The smallest absolute Gasteiger partial charge is 0.0864 e. The summed E-state index contributed by atoms with van der Waals surface area (Å²) in [5.41, 5.74) is 5.88. The van der Waals surface area contributed by atoms with E-state index in [0.717, 1.165) is 6.42 Å². The van der Waals surface area contributed by atoms with Crippen LogP contribution in [0.1, 0.15) is 34.3 Å². The number of rotatable bonds is 1. The first-order chi connectivity index (χ1) is 8.90. The molecule has 2 aromatic rings. The van der Waals surface area contributed by atoms with E-state index in [9.17, 15) is 0 Å². The molecule has 0 aromatic heterocycles. The zero-order valence-electron chi connectivity index (χ0n) is 10.5. The van der Waals surface area contributed by atoms with Gasteiger partial charge >= 0.3 is 0 Å². The average Bonchev–Trinajstić information content (AvgIpc) is 2.92. The zero-order valence-corrected chi connectivity index (χ0v) is 10.5. The van der Waals surface area contributed by atoms with Crippen molar-refractivity contribution in [3.8, 4) is 0 Å². The van der Waals surface area contributed by atoms with Crippen molar-refractivity contribution >= 4 is 0 Å². The number of benzene rings is 2. The summed E-state index contributed by atoms with van der Waals surface area (Å²) in [5, 5.41) is 0. The highest BCUT2D eigenvalue weighted by molar-refractivity contribution is 5.51. The molecule has 2 aliphatic carbocycles. The van der Waals surface area contributed by atoms with Gasteiger partial charge in [0.2, 0.25) is 0 Å². The molecule has 2 aromatic carbocycles. The number of methoxy groups -OCH3 is 1. The minimum absolute atomic E-state index is 0.263. The van der Waals surface area contributed by atoms with Gasteiger partial charge in [0.15, 0.2) is 0 Å². The second-order valence-electron chi connectivity index (χ2n) is 5.33. The Hall–Kier alpha value is -1.60. The first-order valence-corrected chi connectivity index (χ1v) is 6.59. The van der Waals surface area contributed by atoms with Crippen LogP contribution >= 0.6 is 0 Å². The lowest BCUT2D eigenvalue weighted by Gasteiger charge is -2.17. The van der Waals surface area contributed by atoms with E-state index in [0.29, 0.717) is 11.8 Å². The Balaban J connectivity index is 1.93.